The minimum Gasteiger partial charge on any atom is -0.448 e. The first kappa shape index (κ1) is 16.5. The van der Waals surface area contributed by atoms with Crippen molar-refractivity contribution >= 4 is 11.9 Å². The number of likely N-dealkylation sites (tertiary alicyclic amines) is 1. The van der Waals surface area contributed by atoms with Crippen molar-refractivity contribution in [1.82, 2.24) is 4.90 Å². The fraction of sp³-hybridized carbons (Fsp3) is 0.364. The van der Waals surface area contributed by atoms with Crippen molar-refractivity contribution in [3.63, 3.8) is 0 Å². The molecule has 2 saturated heterocycles. The van der Waals surface area contributed by atoms with Crippen LogP contribution in [0.4, 0.5) is 4.79 Å². The van der Waals surface area contributed by atoms with Crippen molar-refractivity contribution in [3.05, 3.63) is 59.7 Å². The predicted octanol–water partition coefficient (Wildman–Crippen LogP) is 3.22. The molecule has 3 atom stereocenters. The topological polar surface area (TPSA) is 55.8 Å². The summed E-state index contributed by atoms with van der Waals surface area (Å²) in [5.74, 6) is 0.132. The van der Waals surface area contributed by atoms with Gasteiger partial charge in [-0.05, 0) is 22.3 Å². The Labute approximate surface area is 157 Å². The fourth-order valence-corrected chi connectivity index (χ4v) is 4.76. The normalized spacial score (nSPS) is 26.0. The van der Waals surface area contributed by atoms with Gasteiger partial charge in [0.2, 0.25) is 0 Å². The molecule has 0 radical (unpaired) electrons. The van der Waals surface area contributed by atoms with Crippen LogP contribution in [0, 0.1) is 5.92 Å². The molecule has 0 saturated carbocycles. The van der Waals surface area contributed by atoms with Crippen molar-refractivity contribution in [2.75, 3.05) is 19.8 Å². The summed E-state index contributed by atoms with van der Waals surface area (Å²) in [7, 11) is 0. The van der Waals surface area contributed by atoms with Crippen LogP contribution in [0.3, 0.4) is 0 Å². The molecule has 138 valence electrons. The van der Waals surface area contributed by atoms with E-state index in [0.29, 0.717) is 6.54 Å². The molecular weight excluding hydrogens is 342 g/mol. The summed E-state index contributed by atoms with van der Waals surface area (Å²) in [4.78, 5) is 26.4. The number of Topliss-reactive ketones (excluding diaryl/α,β-unsaturated/α-hetero) is 1. The second kappa shape index (κ2) is 6.20. The van der Waals surface area contributed by atoms with E-state index < -0.39 is 12.1 Å². The molecule has 0 spiro atoms. The Hall–Kier alpha value is -2.66. The highest BCUT2D eigenvalue weighted by Gasteiger charge is 2.51. The molecule has 2 aliphatic heterocycles. The number of benzene rings is 2. The SMILES string of the molecule is C[C@@H]1CN(C(=O)OCC2c3ccccc3-c3ccccc32)[C@@H]2C(=O)CO[C@H]12. The Morgan fingerprint density at radius 3 is 2.41 bits per heavy atom. The largest absolute Gasteiger partial charge is 0.448 e. The molecule has 5 heteroatoms. The van der Waals surface area contributed by atoms with Gasteiger partial charge in [-0.2, -0.15) is 0 Å². The van der Waals surface area contributed by atoms with Gasteiger partial charge in [-0.3, -0.25) is 9.69 Å². The van der Waals surface area contributed by atoms with E-state index in [9.17, 15) is 9.59 Å². The van der Waals surface area contributed by atoms with Gasteiger partial charge in [-0.25, -0.2) is 4.79 Å². The summed E-state index contributed by atoms with van der Waals surface area (Å²) < 4.78 is 11.3. The van der Waals surface area contributed by atoms with Gasteiger partial charge in [-0.1, -0.05) is 55.5 Å². The number of amides is 1. The average molecular weight is 363 g/mol. The minimum atomic E-state index is -0.490. The Kier molecular flexibility index (Phi) is 3.79. The van der Waals surface area contributed by atoms with E-state index in [1.165, 1.54) is 22.3 Å². The van der Waals surface area contributed by atoms with Crippen LogP contribution in [0.5, 0.6) is 0 Å². The molecule has 0 unspecified atom stereocenters. The minimum absolute atomic E-state index is 0.0210. The van der Waals surface area contributed by atoms with Crippen LogP contribution in [0.15, 0.2) is 48.5 Å². The lowest BCUT2D eigenvalue weighted by molar-refractivity contribution is -0.121. The van der Waals surface area contributed by atoms with E-state index in [4.69, 9.17) is 9.47 Å². The van der Waals surface area contributed by atoms with E-state index in [2.05, 4.69) is 24.3 Å². The summed E-state index contributed by atoms with van der Waals surface area (Å²) in [5.41, 5.74) is 4.76. The summed E-state index contributed by atoms with van der Waals surface area (Å²) in [6, 6.07) is 16.0. The predicted molar refractivity (Wildman–Crippen MR) is 99.5 cm³/mol. The smallest absolute Gasteiger partial charge is 0.410 e. The van der Waals surface area contributed by atoms with Gasteiger partial charge in [0, 0.05) is 18.4 Å². The second-order valence-corrected chi connectivity index (χ2v) is 7.62. The molecule has 27 heavy (non-hydrogen) atoms. The molecule has 0 N–H and O–H groups in total. The van der Waals surface area contributed by atoms with Gasteiger partial charge in [-0.15, -0.1) is 0 Å². The van der Waals surface area contributed by atoms with Gasteiger partial charge < -0.3 is 9.47 Å². The van der Waals surface area contributed by atoms with Crippen molar-refractivity contribution in [1.29, 1.82) is 0 Å². The Morgan fingerprint density at radius 2 is 1.74 bits per heavy atom. The van der Waals surface area contributed by atoms with Gasteiger partial charge in [0.05, 0.1) is 6.10 Å². The molecule has 2 fully saturated rings. The van der Waals surface area contributed by atoms with E-state index in [0.717, 1.165) is 0 Å². The Morgan fingerprint density at radius 1 is 1.11 bits per heavy atom. The Bertz CT molecular complexity index is 879. The Balaban J connectivity index is 1.36. The maximum atomic E-state index is 12.8. The van der Waals surface area contributed by atoms with Gasteiger partial charge in [0.25, 0.3) is 0 Å². The molecule has 2 heterocycles. The zero-order valence-electron chi connectivity index (χ0n) is 15.1. The monoisotopic (exact) mass is 363 g/mol. The number of hydrogen-bond acceptors (Lipinski definition) is 4. The van der Waals surface area contributed by atoms with Crippen LogP contribution in [0.2, 0.25) is 0 Å². The second-order valence-electron chi connectivity index (χ2n) is 7.62. The van der Waals surface area contributed by atoms with E-state index >= 15 is 0 Å². The molecule has 1 amide bonds. The van der Waals surface area contributed by atoms with Gasteiger partial charge in [0.15, 0.2) is 5.78 Å². The molecular formula is C22H21NO4. The number of fused-ring (bicyclic) bond motifs is 4. The first-order valence-corrected chi connectivity index (χ1v) is 9.41. The molecule has 0 aromatic heterocycles. The zero-order valence-corrected chi connectivity index (χ0v) is 15.1. The van der Waals surface area contributed by atoms with Crippen LogP contribution in [0.25, 0.3) is 11.1 Å². The van der Waals surface area contributed by atoms with Crippen LogP contribution in [0.1, 0.15) is 24.0 Å². The van der Waals surface area contributed by atoms with Gasteiger partial charge in [0.1, 0.15) is 19.3 Å². The standard InChI is InChI=1S/C22H21NO4/c1-13-10-23(20-19(24)12-26-21(13)20)22(25)27-11-18-16-8-4-2-6-14(16)15-7-3-5-9-17(15)18/h2-9,13,18,20-21H,10-12H2,1H3/t13-,20-,21-/m1/s1. The fourth-order valence-electron chi connectivity index (χ4n) is 4.76. The van der Waals surface area contributed by atoms with Crippen LogP contribution in [-0.2, 0) is 14.3 Å². The summed E-state index contributed by atoms with van der Waals surface area (Å²) in [6.45, 7) is 2.86. The van der Waals surface area contributed by atoms with Crippen LogP contribution < -0.4 is 0 Å². The summed E-state index contributed by atoms with van der Waals surface area (Å²) in [5, 5.41) is 0. The third kappa shape index (κ3) is 2.49. The van der Waals surface area contributed by atoms with Crippen LogP contribution >= 0.6 is 0 Å². The first-order chi connectivity index (χ1) is 13.1. The highest BCUT2D eigenvalue weighted by atomic mass is 16.6. The number of ketones is 1. The number of rotatable bonds is 2. The lowest BCUT2D eigenvalue weighted by Crippen LogP contribution is -2.42. The molecule has 0 bridgehead atoms. The van der Waals surface area contributed by atoms with E-state index in [1.807, 2.05) is 31.2 Å². The summed E-state index contributed by atoms with van der Waals surface area (Å²) >= 11 is 0. The quantitative estimate of drug-likeness (QED) is 0.822. The van der Waals surface area contributed by atoms with E-state index in [-0.39, 0.29) is 36.9 Å². The highest BCUT2D eigenvalue weighted by Crippen LogP contribution is 2.44. The molecule has 2 aromatic carbocycles. The zero-order chi connectivity index (χ0) is 18.5. The van der Waals surface area contributed by atoms with Crippen LogP contribution in [-0.4, -0.2) is 48.7 Å². The maximum absolute atomic E-state index is 12.8. The van der Waals surface area contributed by atoms with Crippen molar-refractivity contribution in [2.24, 2.45) is 5.92 Å². The van der Waals surface area contributed by atoms with Crippen molar-refractivity contribution < 1.29 is 19.1 Å². The molecule has 5 rings (SSSR count). The molecule has 2 aromatic rings. The lowest BCUT2D eigenvalue weighted by Gasteiger charge is -2.22. The number of hydrogen-bond donors (Lipinski definition) is 0. The number of ether oxygens (including phenoxy) is 2. The van der Waals surface area contributed by atoms with E-state index in [1.54, 1.807) is 4.90 Å². The average Bonchev–Trinajstić information content (AvgIpc) is 3.33. The lowest BCUT2D eigenvalue weighted by atomic mass is 9.98. The highest BCUT2D eigenvalue weighted by molar-refractivity contribution is 5.91. The number of nitrogens with zero attached hydrogens (tertiary/aromatic N) is 1. The maximum Gasteiger partial charge on any atom is 0.410 e. The van der Waals surface area contributed by atoms with Crippen molar-refractivity contribution in [3.8, 4) is 11.1 Å². The third-order valence-electron chi connectivity index (χ3n) is 6.01. The first-order valence-electron chi connectivity index (χ1n) is 9.41. The summed E-state index contributed by atoms with van der Waals surface area (Å²) in [6.07, 6.45) is -0.618. The number of carbonyl (C=O) groups excluding carboxylic acids is 2. The molecule has 1 aliphatic carbocycles. The molecule has 3 aliphatic rings. The third-order valence-corrected chi connectivity index (χ3v) is 6.01. The molecule has 5 nitrogen and oxygen atoms in total. The number of carbonyl (C=O) groups is 2. The van der Waals surface area contributed by atoms with Crippen molar-refractivity contribution in [2.45, 2.75) is 25.0 Å². The van der Waals surface area contributed by atoms with Gasteiger partial charge >= 0.3 is 6.09 Å².